The molecule has 0 saturated carbocycles. The van der Waals surface area contributed by atoms with Gasteiger partial charge in [0.1, 0.15) is 11.9 Å². The summed E-state index contributed by atoms with van der Waals surface area (Å²) < 4.78 is 5.23. The van der Waals surface area contributed by atoms with E-state index in [1.807, 2.05) is 20.8 Å². The Morgan fingerprint density at radius 3 is 2.67 bits per heavy atom. The van der Waals surface area contributed by atoms with Crippen molar-refractivity contribution in [1.29, 1.82) is 0 Å². The quantitative estimate of drug-likeness (QED) is 0.493. The molecule has 1 aliphatic rings. The minimum absolute atomic E-state index is 0.367. The highest BCUT2D eigenvalue weighted by Gasteiger charge is 2.27. The molecule has 0 spiro atoms. The molecule has 0 radical (unpaired) electrons. The maximum atomic E-state index is 11.7. The average Bonchev–Trinajstić information content (AvgIpc) is 2.49. The van der Waals surface area contributed by atoms with Crippen LogP contribution in [-0.4, -0.2) is 29.4 Å². The number of aldehydes is 1. The standard InChI is InChI=1S/C11H17NO3/c1-11(2,3)15-10(14)12-7-4-5-9(12)6-8-13/h6,8H,4-5,7H2,1-3H3/b9-6+. The highest BCUT2D eigenvalue weighted by Crippen LogP contribution is 2.23. The summed E-state index contributed by atoms with van der Waals surface area (Å²) in [5.74, 6) is 0. The van der Waals surface area contributed by atoms with Crippen LogP contribution in [-0.2, 0) is 9.53 Å². The van der Waals surface area contributed by atoms with Crippen LogP contribution in [0.1, 0.15) is 33.6 Å². The second-order valence-electron chi connectivity index (χ2n) is 4.53. The van der Waals surface area contributed by atoms with Crippen LogP contribution in [0.5, 0.6) is 0 Å². The molecule has 84 valence electrons. The molecule has 4 heteroatoms. The minimum Gasteiger partial charge on any atom is -0.443 e. The van der Waals surface area contributed by atoms with Gasteiger partial charge in [0.05, 0.1) is 0 Å². The molecule has 0 unspecified atom stereocenters. The van der Waals surface area contributed by atoms with E-state index in [9.17, 15) is 9.59 Å². The molecule has 1 aliphatic heterocycles. The average molecular weight is 211 g/mol. The largest absolute Gasteiger partial charge is 0.443 e. The summed E-state index contributed by atoms with van der Waals surface area (Å²) in [5, 5.41) is 0. The van der Waals surface area contributed by atoms with Gasteiger partial charge >= 0.3 is 6.09 Å². The Hall–Kier alpha value is -1.32. The van der Waals surface area contributed by atoms with Gasteiger partial charge in [0.15, 0.2) is 0 Å². The molecule has 1 fully saturated rings. The molecule has 15 heavy (non-hydrogen) atoms. The zero-order valence-electron chi connectivity index (χ0n) is 9.45. The summed E-state index contributed by atoms with van der Waals surface area (Å²) >= 11 is 0. The predicted octanol–water partition coefficient (Wildman–Crippen LogP) is 2.10. The molecule has 1 amide bonds. The number of allylic oxidation sites excluding steroid dienone is 2. The van der Waals surface area contributed by atoms with E-state index < -0.39 is 5.60 Å². The molecule has 0 bridgehead atoms. The van der Waals surface area contributed by atoms with Crippen molar-refractivity contribution in [1.82, 2.24) is 4.90 Å². The normalized spacial score (nSPS) is 19.4. The summed E-state index contributed by atoms with van der Waals surface area (Å²) in [6, 6.07) is 0. The monoisotopic (exact) mass is 211 g/mol. The van der Waals surface area contributed by atoms with Crippen molar-refractivity contribution in [2.75, 3.05) is 6.54 Å². The van der Waals surface area contributed by atoms with Crippen LogP contribution in [0.4, 0.5) is 4.79 Å². The number of hydrogen-bond donors (Lipinski definition) is 0. The van der Waals surface area contributed by atoms with E-state index in [-0.39, 0.29) is 6.09 Å². The highest BCUT2D eigenvalue weighted by atomic mass is 16.6. The van der Waals surface area contributed by atoms with E-state index in [1.54, 1.807) is 0 Å². The van der Waals surface area contributed by atoms with Gasteiger partial charge in [-0.25, -0.2) is 4.79 Å². The van der Waals surface area contributed by atoms with Crippen molar-refractivity contribution in [3.63, 3.8) is 0 Å². The third-order valence-corrected chi connectivity index (χ3v) is 2.04. The second-order valence-corrected chi connectivity index (χ2v) is 4.53. The third kappa shape index (κ3) is 3.38. The van der Waals surface area contributed by atoms with Gasteiger partial charge in [-0.1, -0.05) is 0 Å². The number of carbonyl (C=O) groups is 2. The molecule has 4 nitrogen and oxygen atoms in total. The third-order valence-electron chi connectivity index (χ3n) is 2.04. The molecule has 0 atom stereocenters. The molecule has 1 rings (SSSR count). The lowest BCUT2D eigenvalue weighted by atomic mass is 10.2. The Labute approximate surface area is 89.9 Å². The first-order valence-electron chi connectivity index (χ1n) is 5.09. The van der Waals surface area contributed by atoms with Crippen LogP contribution >= 0.6 is 0 Å². The SMILES string of the molecule is CC(C)(C)OC(=O)N1CCC/C1=C\C=O. The molecule has 0 aromatic rings. The number of ether oxygens (including phenoxy) is 1. The number of amides is 1. The summed E-state index contributed by atoms with van der Waals surface area (Å²) in [4.78, 5) is 23.6. The van der Waals surface area contributed by atoms with E-state index in [4.69, 9.17) is 4.74 Å². The van der Waals surface area contributed by atoms with Gasteiger partial charge in [0.25, 0.3) is 0 Å². The van der Waals surface area contributed by atoms with Gasteiger partial charge in [-0.2, -0.15) is 0 Å². The molecule has 0 aromatic carbocycles. The fourth-order valence-electron chi connectivity index (χ4n) is 1.47. The van der Waals surface area contributed by atoms with E-state index in [0.717, 1.165) is 18.5 Å². The molecular formula is C11H17NO3. The Kier molecular flexibility index (Phi) is 3.50. The van der Waals surface area contributed by atoms with E-state index in [1.165, 1.54) is 11.0 Å². The van der Waals surface area contributed by atoms with Gasteiger partial charge in [0, 0.05) is 12.2 Å². The van der Waals surface area contributed by atoms with Crippen LogP contribution < -0.4 is 0 Å². The zero-order chi connectivity index (χ0) is 11.5. The summed E-state index contributed by atoms with van der Waals surface area (Å²) in [7, 11) is 0. The van der Waals surface area contributed by atoms with Crippen molar-refractivity contribution < 1.29 is 14.3 Å². The van der Waals surface area contributed by atoms with E-state index in [2.05, 4.69) is 0 Å². The summed E-state index contributed by atoms with van der Waals surface area (Å²) in [6.07, 6.45) is 3.42. The van der Waals surface area contributed by atoms with E-state index in [0.29, 0.717) is 12.8 Å². The topological polar surface area (TPSA) is 46.6 Å². The smallest absolute Gasteiger partial charge is 0.414 e. The molecular weight excluding hydrogens is 194 g/mol. The fraction of sp³-hybridized carbons (Fsp3) is 0.636. The first-order valence-corrected chi connectivity index (χ1v) is 5.09. The van der Waals surface area contributed by atoms with Gasteiger partial charge in [-0.05, 0) is 39.7 Å². The van der Waals surface area contributed by atoms with Crippen molar-refractivity contribution in [2.45, 2.75) is 39.2 Å². The van der Waals surface area contributed by atoms with Gasteiger partial charge in [-0.15, -0.1) is 0 Å². The van der Waals surface area contributed by atoms with Crippen molar-refractivity contribution >= 4 is 12.4 Å². The molecule has 0 aliphatic carbocycles. The highest BCUT2D eigenvalue weighted by molar-refractivity contribution is 5.74. The van der Waals surface area contributed by atoms with Gasteiger partial charge < -0.3 is 4.74 Å². The Bertz CT molecular complexity index is 289. The Balaban J connectivity index is 2.67. The molecule has 1 heterocycles. The molecule has 0 aromatic heterocycles. The lowest BCUT2D eigenvalue weighted by Gasteiger charge is -2.24. The first kappa shape index (κ1) is 11.8. The summed E-state index contributed by atoms with van der Waals surface area (Å²) in [5.41, 5.74) is 0.255. The van der Waals surface area contributed by atoms with Gasteiger partial charge in [0.2, 0.25) is 0 Å². The number of likely N-dealkylation sites (tertiary alicyclic amines) is 1. The first-order chi connectivity index (χ1) is 6.94. The van der Waals surface area contributed by atoms with Crippen molar-refractivity contribution in [2.24, 2.45) is 0 Å². The van der Waals surface area contributed by atoms with Crippen molar-refractivity contribution in [3.05, 3.63) is 11.8 Å². The number of nitrogens with zero attached hydrogens (tertiary/aromatic N) is 1. The van der Waals surface area contributed by atoms with Crippen LogP contribution in [0.2, 0.25) is 0 Å². The summed E-state index contributed by atoms with van der Waals surface area (Å²) in [6.45, 7) is 6.10. The maximum Gasteiger partial charge on any atom is 0.414 e. The van der Waals surface area contributed by atoms with Crippen LogP contribution in [0.3, 0.4) is 0 Å². The molecule has 0 N–H and O–H groups in total. The lowest BCUT2D eigenvalue weighted by Crippen LogP contribution is -2.34. The van der Waals surface area contributed by atoms with Crippen LogP contribution in [0, 0.1) is 0 Å². The zero-order valence-corrected chi connectivity index (χ0v) is 9.45. The molecule has 1 saturated heterocycles. The van der Waals surface area contributed by atoms with E-state index >= 15 is 0 Å². The minimum atomic E-state index is -0.494. The van der Waals surface area contributed by atoms with Crippen LogP contribution in [0.15, 0.2) is 11.8 Å². The van der Waals surface area contributed by atoms with Crippen LogP contribution in [0.25, 0.3) is 0 Å². The number of hydrogen-bond acceptors (Lipinski definition) is 3. The second kappa shape index (κ2) is 4.47. The lowest BCUT2D eigenvalue weighted by molar-refractivity contribution is -0.104. The maximum absolute atomic E-state index is 11.7. The number of rotatable bonds is 1. The Morgan fingerprint density at radius 2 is 2.13 bits per heavy atom. The van der Waals surface area contributed by atoms with Crippen molar-refractivity contribution in [3.8, 4) is 0 Å². The Morgan fingerprint density at radius 1 is 1.47 bits per heavy atom. The predicted molar refractivity (Wildman–Crippen MR) is 56.3 cm³/mol. The van der Waals surface area contributed by atoms with Gasteiger partial charge in [-0.3, -0.25) is 9.69 Å². The number of carbonyl (C=O) groups excluding carboxylic acids is 2. The fourth-order valence-corrected chi connectivity index (χ4v) is 1.47.